The van der Waals surface area contributed by atoms with Gasteiger partial charge in [0.05, 0.1) is 12.3 Å². The normalized spacial score (nSPS) is 19.1. The summed E-state index contributed by atoms with van der Waals surface area (Å²) in [7, 11) is 0. The molecule has 0 radical (unpaired) electrons. The number of carbonyl (C=O) groups is 1. The van der Waals surface area contributed by atoms with Crippen molar-refractivity contribution in [3.63, 3.8) is 0 Å². The summed E-state index contributed by atoms with van der Waals surface area (Å²) in [6, 6.07) is 8.13. The Morgan fingerprint density at radius 1 is 1.56 bits per heavy atom. The highest BCUT2D eigenvalue weighted by atomic mass is 32.2. The van der Waals surface area contributed by atoms with Gasteiger partial charge >= 0.3 is 6.09 Å². The molecule has 1 amide bonds. The van der Waals surface area contributed by atoms with E-state index >= 15 is 0 Å². The SMILES string of the molecule is CCOC(=O)N1c2ccccc2SCC1C. The highest BCUT2D eigenvalue weighted by Gasteiger charge is 2.29. The van der Waals surface area contributed by atoms with E-state index in [2.05, 4.69) is 0 Å². The molecule has 0 saturated carbocycles. The summed E-state index contributed by atoms with van der Waals surface area (Å²) in [6.45, 7) is 4.28. The third-order valence-corrected chi connectivity index (χ3v) is 3.82. The molecule has 3 nitrogen and oxygen atoms in total. The fourth-order valence-corrected chi connectivity index (χ4v) is 2.83. The molecule has 1 aromatic rings. The molecule has 1 atom stereocenters. The Balaban J connectivity index is 2.33. The first-order valence-electron chi connectivity index (χ1n) is 5.42. The van der Waals surface area contributed by atoms with Gasteiger partial charge in [-0.05, 0) is 26.0 Å². The summed E-state index contributed by atoms with van der Waals surface area (Å²) in [6.07, 6.45) is -0.247. The molecule has 1 aromatic carbocycles. The molecular formula is C12H15NO2S. The number of nitrogens with zero attached hydrogens (tertiary/aromatic N) is 1. The number of ether oxygens (including phenoxy) is 1. The Morgan fingerprint density at radius 2 is 2.31 bits per heavy atom. The summed E-state index contributed by atoms with van der Waals surface area (Å²) < 4.78 is 5.09. The predicted octanol–water partition coefficient (Wildman–Crippen LogP) is 3.14. The highest BCUT2D eigenvalue weighted by Crippen LogP contribution is 2.37. The van der Waals surface area contributed by atoms with E-state index in [1.807, 2.05) is 38.1 Å². The number of anilines is 1. The zero-order chi connectivity index (χ0) is 11.5. The maximum atomic E-state index is 11.9. The van der Waals surface area contributed by atoms with E-state index in [4.69, 9.17) is 4.74 Å². The van der Waals surface area contributed by atoms with Crippen LogP contribution in [0, 0.1) is 0 Å². The van der Waals surface area contributed by atoms with Gasteiger partial charge in [0.1, 0.15) is 0 Å². The fraction of sp³-hybridized carbons (Fsp3) is 0.417. The van der Waals surface area contributed by atoms with Crippen LogP contribution in [-0.2, 0) is 4.74 Å². The average Bonchev–Trinajstić information content (AvgIpc) is 2.29. The number of thioether (sulfide) groups is 1. The van der Waals surface area contributed by atoms with Crippen LogP contribution in [0.2, 0.25) is 0 Å². The van der Waals surface area contributed by atoms with Crippen LogP contribution in [0.4, 0.5) is 10.5 Å². The molecule has 16 heavy (non-hydrogen) atoms. The molecule has 4 heteroatoms. The van der Waals surface area contributed by atoms with Gasteiger partial charge in [-0.15, -0.1) is 11.8 Å². The van der Waals surface area contributed by atoms with Crippen molar-refractivity contribution in [1.82, 2.24) is 0 Å². The van der Waals surface area contributed by atoms with E-state index in [0.717, 1.165) is 16.3 Å². The quantitative estimate of drug-likeness (QED) is 0.751. The van der Waals surface area contributed by atoms with Crippen LogP contribution < -0.4 is 4.90 Å². The summed E-state index contributed by atoms with van der Waals surface area (Å²) in [5, 5.41) is 0. The van der Waals surface area contributed by atoms with Gasteiger partial charge in [-0.3, -0.25) is 4.90 Å². The van der Waals surface area contributed by atoms with Crippen molar-refractivity contribution in [3.05, 3.63) is 24.3 Å². The molecule has 1 aliphatic heterocycles. The van der Waals surface area contributed by atoms with Crippen LogP contribution in [0.25, 0.3) is 0 Å². The van der Waals surface area contributed by atoms with Crippen molar-refractivity contribution in [2.45, 2.75) is 24.8 Å². The number of benzene rings is 1. The van der Waals surface area contributed by atoms with Gasteiger partial charge in [0.2, 0.25) is 0 Å². The van der Waals surface area contributed by atoms with Gasteiger partial charge in [0, 0.05) is 16.7 Å². The van der Waals surface area contributed by atoms with Crippen LogP contribution in [0.3, 0.4) is 0 Å². The molecule has 0 bridgehead atoms. The minimum absolute atomic E-state index is 0.180. The van der Waals surface area contributed by atoms with E-state index in [0.29, 0.717) is 6.61 Å². The van der Waals surface area contributed by atoms with Crippen LogP contribution in [-0.4, -0.2) is 24.5 Å². The second-order valence-corrected chi connectivity index (χ2v) is 4.76. The van der Waals surface area contributed by atoms with Gasteiger partial charge in [-0.1, -0.05) is 12.1 Å². The van der Waals surface area contributed by atoms with Crippen LogP contribution in [0.5, 0.6) is 0 Å². The summed E-state index contributed by atoms with van der Waals surface area (Å²) >= 11 is 1.79. The number of carbonyl (C=O) groups excluding carboxylic acids is 1. The molecule has 2 rings (SSSR count). The Hall–Kier alpha value is -1.16. The average molecular weight is 237 g/mol. The second-order valence-electron chi connectivity index (χ2n) is 3.70. The number of rotatable bonds is 1. The van der Waals surface area contributed by atoms with Crippen molar-refractivity contribution < 1.29 is 9.53 Å². The number of fused-ring (bicyclic) bond motifs is 1. The summed E-state index contributed by atoms with van der Waals surface area (Å²) in [5.41, 5.74) is 0.963. The van der Waals surface area contributed by atoms with Crippen molar-refractivity contribution in [3.8, 4) is 0 Å². The number of amides is 1. The molecule has 0 aliphatic carbocycles. The highest BCUT2D eigenvalue weighted by molar-refractivity contribution is 7.99. The number of para-hydroxylation sites is 1. The van der Waals surface area contributed by atoms with Crippen LogP contribution in [0.1, 0.15) is 13.8 Å². The Labute approximate surface area is 99.8 Å². The second kappa shape index (κ2) is 4.78. The molecule has 1 heterocycles. The van der Waals surface area contributed by atoms with Crippen LogP contribution >= 0.6 is 11.8 Å². The van der Waals surface area contributed by atoms with Crippen molar-refractivity contribution in [1.29, 1.82) is 0 Å². The Kier molecular flexibility index (Phi) is 3.39. The van der Waals surface area contributed by atoms with E-state index in [-0.39, 0.29) is 12.1 Å². The zero-order valence-electron chi connectivity index (χ0n) is 9.47. The maximum absolute atomic E-state index is 11.9. The standard InChI is InChI=1S/C12H15NO2S/c1-3-15-12(14)13-9(2)8-16-11-7-5-4-6-10(11)13/h4-7,9H,3,8H2,1-2H3. The fourth-order valence-electron chi connectivity index (χ4n) is 1.77. The third-order valence-electron chi connectivity index (χ3n) is 2.51. The molecular weight excluding hydrogens is 222 g/mol. The van der Waals surface area contributed by atoms with E-state index in [1.165, 1.54) is 0 Å². The molecule has 0 fully saturated rings. The van der Waals surface area contributed by atoms with Crippen molar-refractivity contribution in [2.24, 2.45) is 0 Å². The Bertz CT molecular complexity index is 394. The molecule has 0 N–H and O–H groups in total. The lowest BCUT2D eigenvalue weighted by atomic mass is 10.2. The summed E-state index contributed by atoms with van der Waals surface area (Å²) in [4.78, 5) is 14.8. The van der Waals surface area contributed by atoms with Gasteiger partial charge < -0.3 is 4.74 Å². The smallest absolute Gasteiger partial charge is 0.414 e. The first-order chi connectivity index (χ1) is 7.74. The van der Waals surface area contributed by atoms with Crippen LogP contribution in [0.15, 0.2) is 29.2 Å². The van der Waals surface area contributed by atoms with E-state index < -0.39 is 0 Å². The van der Waals surface area contributed by atoms with Crippen molar-refractivity contribution >= 4 is 23.5 Å². The molecule has 1 aliphatic rings. The number of hydrogen-bond acceptors (Lipinski definition) is 3. The molecule has 86 valence electrons. The lowest BCUT2D eigenvalue weighted by molar-refractivity contribution is 0.158. The maximum Gasteiger partial charge on any atom is 0.414 e. The minimum atomic E-state index is -0.247. The monoisotopic (exact) mass is 237 g/mol. The lowest BCUT2D eigenvalue weighted by Crippen LogP contribution is -2.42. The molecule has 0 aromatic heterocycles. The topological polar surface area (TPSA) is 29.5 Å². The van der Waals surface area contributed by atoms with Gasteiger partial charge in [0.25, 0.3) is 0 Å². The van der Waals surface area contributed by atoms with Gasteiger partial charge in [-0.25, -0.2) is 4.79 Å². The molecule has 0 spiro atoms. The Morgan fingerprint density at radius 3 is 3.06 bits per heavy atom. The minimum Gasteiger partial charge on any atom is -0.449 e. The van der Waals surface area contributed by atoms with E-state index in [1.54, 1.807) is 16.7 Å². The predicted molar refractivity (Wildman–Crippen MR) is 66.1 cm³/mol. The number of hydrogen-bond donors (Lipinski definition) is 0. The lowest BCUT2D eigenvalue weighted by Gasteiger charge is -2.33. The zero-order valence-corrected chi connectivity index (χ0v) is 10.3. The van der Waals surface area contributed by atoms with E-state index in [9.17, 15) is 4.79 Å². The largest absolute Gasteiger partial charge is 0.449 e. The first-order valence-corrected chi connectivity index (χ1v) is 6.40. The molecule has 1 unspecified atom stereocenters. The van der Waals surface area contributed by atoms with Gasteiger partial charge in [0.15, 0.2) is 0 Å². The first kappa shape index (κ1) is 11.3. The third kappa shape index (κ3) is 2.02. The van der Waals surface area contributed by atoms with Crippen molar-refractivity contribution in [2.75, 3.05) is 17.3 Å². The molecule has 0 saturated heterocycles. The van der Waals surface area contributed by atoms with Gasteiger partial charge in [-0.2, -0.15) is 0 Å². The summed E-state index contributed by atoms with van der Waals surface area (Å²) in [5.74, 6) is 0.913.